The fourth-order valence-electron chi connectivity index (χ4n) is 1.92. The molecule has 0 spiro atoms. The van der Waals surface area contributed by atoms with Crippen LogP contribution in [0.5, 0.6) is 5.88 Å². The summed E-state index contributed by atoms with van der Waals surface area (Å²) in [7, 11) is 1.45. The third kappa shape index (κ3) is 3.01. The molecule has 1 aromatic heterocycles. The van der Waals surface area contributed by atoms with Crippen LogP contribution in [0.3, 0.4) is 0 Å². The minimum absolute atomic E-state index is 0.131. The van der Waals surface area contributed by atoms with Crippen LogP contribution in [0.2, 0.25) is 0 Å². The van der Waals surface area contributed by atoms with E-state index in [2.05, 4.69) is 5.16 Å². The molecule has 8 nitrogen and oxygen atoms in total. The van der Waals surface area contributed by atoms with E-state index in [1.165, 1.54) is 13.2 Å². The largest absolute Gasteiger partial charge is 0.479 e. The van der Waals surface area contributed by atoms with Crippen LogP contribution >= 0.6 is 0 Å². The van der Waals surface area contributed by atoms with Crippen molar-refractivity contribution in [2.45, 2.75) is 6.92 Å². The Kier molecular flexibility index (Phi) is 4.44. The number of nitrogens with zero attached hydrogens (tertiary/aromatic N) is 3. The number of hydrogen-bond acceptors (Lipinski definition) is 6. The van der Waals surface area contributed by atoms with Crippen molar-refractivity contribution in [1.29, 1.82) is 0 Å². The maximum absolute atomic E-state index is 12.1. The average Bonchev–Trinajstić information content (AvgIpc) is 2.96. The molecule has 0 atom stereocenters. The highest BCUT2D eigenvalue weighted by Gasteiger charge is 2.27. The maximum Gasteiger partial charge on any atom is 0.409 e. The van der Waals surface area contributed by atoms with Crippen LogP contribution in [0.4, 0.5) is 4.79 Å². The summed E-state index contributed by atoms with van der Waals surface area (Å²) >= 11 is 0. The van der Waals surface area contributed by atoms with Gasteiger partial charge in [-0.25, -0.2) is 4.79 Å². The Morgan fingerprint density at radius 1 is 1.30 bits per heavy atom. The highest BCUT2D eigenvalue weighted by molar-refractivity contribution is 5.91. The molecule has 0 unspecified atom stereocenters. The van der Waals surface area contributed by atoms with Crippen LogP contribution in [0, 0.1) is 0 Å². The van der Waals surface area contributed by atoms with Crippen LogP contribution in [0.1, 0.15) is 17.5 Å². The van der Waals surface area contributed by atoms with Crippen LogP contribution < -0.4 is 4.74 Å². The number of amides is 2. The first-order valence-electron chi connectivity index (χ1n) is 6.37. The summed E-state index contributed by atoms with van der Waals surface area (Å²) < 4.78 is 14.7. The van der Waals surface area contributed by atoms with Gasteiger partial charge < -0.3 is 23.8 Å². The molecule has 20 heavy (non-hydrogen) atoms. The number of aromatic nitrogens is 1. The Balaban J connectivity index is 1.90. The third-order valence-corrected chi connectivity index (χ3v) is 3.00. The van der Waals surface area contributed by atoms with E-state index in [1.807, 2.05) is 0 Å². The first-order chi connectivity index (χ1) is 9.65. The minimum atomic E-state index is -0.346. The molecule has 1 aliphatic heterocycles. The summed E-state index contributed by atoms with van der Waals surface area (Å²) in [5, 5.41) is 3.59. The van der Waals surface area contributed by atoms with Crippen LogP contribution in [0.25, 0.3) is 0 Å². The number of piperazine rings is 1. The fraction of sp³-hybridized carbons (Fsp3) is 0.583. The van der Waals surface area contributed by atoms with Gasteiger partial charge in [-0.1, -0.05) is 0 Å². The second-order valence-corrected chi connectivity index (χ2v) is 4.21. The second kappa shape index (κ2) is 6.27. The molecule has 1 aromatic rings. The van der Waals surface area contributed by atoms with Crippen LogP contribution in [-0.2, 0) is 4.74 Å². The van der Waals surface area contributed by atoms with Gasteiger partial charge in [-0.3, -0.25) is 4.79 Å². The molecule has 0 saturated carbocycles. The molecule has 110 valence electrons. The van der Waals surface area contributed by atoms with Gasteiger partial charge in [0.2, 0.25) is 5.76 Å². The van der Waals surface area contributed by atoms with Crippen LogP contribution in [-0.4, -0.2) is 66.9 Å². The zero-order valence-corrected chi connectivity index (χ0v) is 11.5. The topological polar surface area (TPSA) is 85.1 Å². The monoisotopic (exact) mass is 283 g/mol. The summed E-state index contributed by atoms with van der Waals surface area (Å²) in [5.74, 6) is 0.134. The summed E-state index contributed by atoms with van der Waals surface area (Å²) in [6.07, 6.45) is -0.346. The molecule has 0 N–H and O–H groups in total. The smallest absolute Gasteiger partial charge is 0.409 e. The van der Waals surface area contributed by atoms with Gasteiger partial charge in [0, 0.05) is 26.2 Å². The number of ether oxygens (including phenoxy) is 2. The summed E-state index contributed by atoms with van der Waals surface area (Å²) in [5.41, 5.74) is 0. The van der Waals surface area contributed by atoms with Gasteiger partial charge in [-0.15, -0.1) is 0 Å². The number of carbonyl (C=O) groups excluding carboxylic acids is 2. The highest BCUT2D eigenvalue weighted by Crippen LogP contribution is 2.14. The lowest BCUT2D eigenvalue weighted by Crippen LogP contribution is -2.50. The fourth-order valence-corrected chi connectivity index (χ4v) is 1.92. The predicted octanol–water partition coefficient (Wildman–Crippen LogP) is 0.598. The van der Waals surface area contributed by atoms with Crippen molar-refractivity contribution < 1.29 is 23.6 Å². The molecular formula is C12H17N3O5. The molecule has 2 heterocycles. The van der Waals surface area contributed by atoms with Gasteiger partial charge in [0.25, 0.3) is 11.8 Å². The molecule has 0 bridgehead atoms. The van der Waals surface area contributed by atoms with Gasteiger partial charge in [0.1, 0.15) is 0 Å². The Morgan fingerprint density at radius 2 is 1.95 bits per heavy atom. The lowest BCUT2D eigenvalue weighted by Gasteiger charge is -2.33. The lowest BCUT2D eigenvalue weighted by atomic mass is 10.3. The van der Waals surface area contributed by atoms with E-state index >= 15 is 0 Å². The number of methoxy groups -OCH3 is 1. The summed E-state index contributed by atoms with van der Waals surface area (Å²) in [4.78, 5) is 26.9. The molecule has 8 heteroatoms. The molecule has 0 aliphatic carbocycles. The van der Waals surface area contributed by atoms with Crippen molar-refractivity contribution in [3.05, 3.63) is 11.8 Å². The maximum atomic E-state index is 12.1. The van der Waals surface area contributed by atoms with Crippen molar-refractivity contribution in [2.24, 2.45) is 0 Å². The van der Waals surface area contributed by atoms with E-state index in [4.69, 9.17) is 14.0 Å². The van der Waals surface area contributed by atoms with E-state index < -0.39 is 0 Å². The van der Waals surface area contributed by atoms with Crippen molar-refractivity contribution >= 4 is 12.0 Å². The number of hydrogen-bond donors (Lipinski definition) is 0. The van der Waals surface area contributed by atoms with Gasteiger partial charge in [-0.05, 0) is 12.1 Å². The van der Waals surface area contributed by atoms with Crippen molar-refractivity contribution in [3.63, 3.8) is 0 Å². The first kappa shape index (κ1) is 14.2. The Hall–Kier alpha value is -2.25. The SMILES string of the molecule is CCOC(=O)N1CCN(C(=O)c2cc(OC)no2)CC1. The van der Waals surface area contributed by atoms with Crippen LogP contribution in [0.15, 0.2) is 10.6 Å². The Labute approximate surface area is 116 Å². The Bertz CT molecular complexity index is 479. The van der Waals surface area contributed by atoms with E-state index in [9.17, 15) is 9.59 Å². The normalized spacial score (nSPS) is 15.1. The first-order valence-corrected chi connectivity index (χ1v) is 6.37. The standard InChI is InChI=1S/C12H17N3O5/c1-3-19-12(17)15-6-4-14(5-7-15)11(16)9-8-10(18-2)13-20-9/h8H,3-7H2,1-2H3. The zero-order valence-electron chi connectivity index (χ0n) is 11.5. The highest BCUT2D eigenvalue weighted by atomic mass is 16.6. The van der Waals surface area contributed by atoms with Crippen molar-refractivity contribution in [1.82, 2.24) is 15.0 Å². The summed E-state index contributed by atoms with van der Waals surface area (Å²) in [6.45, 7) is 3.85. The van der Waals surface area contributed by atoms with Gasteiger partial charge in [0.05, 0.1) is 19.8 Å². The second-order valence-electron chi connectivity index (χ2n) is 4.21. The van der Waals surface area contributed by atoms with Gasteiger partial charge >= 0.3 is 6.09 Å². The molecule has 1 saturated heterocycles. The van der Waals surface area contributed by atoms with Gasteiger partial charge in [-0.2, -0.15) is 0 Å². The molecular weight excluding hydrogens is 266 g/mol. The summed E-state index contributed by atoms with van der Waals surface area (Å²) in [6, 6.07) is 1.44. The van der Waals surface area contributed by atoms with Crippen molar-refractivity contribution in [3.8, 4) is 5.88 Å². The van der Waals surface area contributed by atoms with Crippen molar-refractivity contribution in [2.75, 3.05) is 39.9 Å². The molecule has 0 aromatic carbocycles. The zero-order chi connectivity index (χ0) is 14.5. The van der Waals surface area contributed by atoms with E-state index in [-0.39, 0.29) is 23.6 Å². The number of carbonyl (C=O) groups is 2. The van der Waals surface area contributed by atoms with E-state index in [1.54, 1.807) is 16.7 Å². The third-order valence-electron chi connectivity index (χ3n) is 3.00. The predicted molar refractivity (Wildman–Crippen MR) is 67.6 cm³/mol. The molecule has 2 amide bonds. The number of rotatable bonds is 3. The quantitative estimate of drug-likeness (QED) is 0.807. The van der Waals surface area contributed by atoms with E-state index in [0.29, 0.717) is 32.8 Å². The lowest BCUT2D eigenvalue weighted by molar-refractivity contribution is 0.0539. The van der Waals surface area contributed by atoms with E-state index in [0.717, 1.165) is 0 Å². The molecule has 0 radical (unpaired) electrons. The van der Waals surface area contributed by atoms with Gasteiger partial charge in [0.15, 0.2) is 0 Å². The Morgan fingerprint density at radius 3 is 2.50 bits per heavy atom. The molecule has 2 rings (SSSR count). The molecule has 1 aliphatic rings. The molecule has 1 fully saturated rings. The average molecular weight is 283 g/mol. The minimum Gasteiger partial charge on any atom is -0.479 e.